The summed E-state index contributed by atoms with van der Waals surface area (Å²) in [5.41, 5.74) is 0.919. The summed E-state index contributed by atoms with van der Waals surface area (Å²) in [5.74, 6) is 0.204. The Balaban J connectivity index is 2.05. The molecule has 0 saturated carbocycles. The van der Waals surface area contributed by atoms with Crippen LogP contribution in [-0.4, -0.2) is 28.4 Å². The molecule has 0 fully saturated rings. The number of rotatable bonds is 7. The van der Waals surface area contributed by atoms with Gasteiger partial charge in [0.25, 0.3) is 0 Å². The standard InChI is InChI=1S/C23H28FNO4/c1-16(17(2)26)25(22(27)29-23(3,4)5)14-18-9-11-21(12-10-18)28-15-19-7-6-8-20(24)13-19/h6-13,16H,14-15H2,1-5H3/i24-1. The third-order valence-electron chi connectivity index (χ3n) is 4.25. The number of amides is 1. The molecule has 156 valence electrons. The smallest absolute Gasteiger partial charge is 0.411 e. The maximum absolute atomic E-state index is 13.2. The average Bonchev–Trinajstić information content (AvgIpc) is 2.63. The number of carbonyl (C=O) groups excluding carboxylic acids is 2. The van der Waals surface area contributed by atoms with Gasteiger partial charge in [0.15, 0.2) is 5.78 Å². The minimum Gasteiger partial charge on any atom is -0.489 e. The van der Waals surface area contributed by atoms with Gasteiger partial charge in [-0.15, -0.1) is 0 Å². The molecule has 0 aliphatic heterocycles. The first-order valence-corrected chi connectivity index (χ1v) is 9.51. The zero-order chi connectivity index (χ0) is 21.6. The molecule has 0 bridgehead atoms. The highest BCUT2D eigenvalue weighted by molar-refractivity contribution is 5.85. The number of nitrogens with zero attached hydrogens (tertiary/aromatic N) is 1. The van der Waals surface area contributed by atoms with Crippen LogP contribution in [0.1, 0.15) is 45.7 Å². The van der Waals surface area contributed by atoms with Crippen molar-refractivity contribution < 1.29 is 23.5 Å². The van der Waals surface area contributed by atoms with Crippen LogP contribution in [0.15, 0.2) is 48.5 Å². The van der Waals surface area contributed by atoms with Gasteiger partial charge in [-0.1, -0.05) is 24.3 Å². The van der Waals surface area contributed by atoms with E-state index in [4.69, 9.17) is 9.47 Å². The number of halogens is 1. The highest BCUT2D eigenvalue weighted by atomic mass is 18.2. The van der Waals surface area contributed by atoms with Crippen LogP contribution in [-0.2, 0) is 22.7 Å². The summed E-state index contributed by atoms with van der Waals surface area (Å²) in [6, 6.07) is 12.8. The second-order valence-electron chi connectivity index (χ2n) is 7.96. The van der Waals surface area contributed by atoms with E-state index in [9.17, 15) is 14.0 Å². The van der Waals surface area contributed by atoms with Crippen LogP contribution < -0.4 is 4.74 Å². The van der Waals surface area contributed by atoms with Crippen LogP contribution in [0.3, 0.4) is 0 Å². The molecule has 0 saturated heterocycles. The minimum atomic E-state index is -0.652. The summed E-state index contributed by atoms with van der Waals surface area (Å²) >= 11 is 0. The van der Waals surface area contributed by atoms with Crippen molar-refractivity contribution >= 4 is 11.9 Å². The molecule has 29 heavy (non-hydrogen) atoms. The van der Waals surface area contributed by atoms with Gasteiger partial charge >= 0.3 is 6.09 Å². The van der Waals surface area contributed by atoms with Gasteiger partial charge in [0, 0.05) is 6.54 Å². The summed E-state index contributed by atoms with van der Waals surface area (Å²) in [6.45, 7) is 8.97. The van der Waals surface area contributed by atoms with E-state index >= 15 is 0 Å². The van der Waals surface area contributed by atoms with E-state index in [1.807, 2.05) is 12.1 Å². The molecule has 0 spiro atoms. The van der Waals surface area contributed by atoms with Crippen molar-refractivity contribution in [2.75, 3.05) is 0 Å². The fraction of sp³-hybridized carbons (Fsp3) is 0.391. The van der Waals surface area contributed by atoms with E-state index in [1.54, 1.807) is 52.0 Å². The summed E-state index contributed by atoms with van der Waals surface area (Å²) in [7, 11) is 0. The fourth-order valence-corrected chi connectivity index (χ4v) is 2.58. The van der Waals surface area contributed by atoms with Crippen LogP contribution in [0.2, 0.25) is 0 Å². The Labute approximate surface area is 171 Å². The zero-order valence-electron chi connectivity index (χ0n) is 17.6. The number of ether oxygens (including phenoxy) is 2. The van der Waals surface area contributed by atoms with Crippen LogP contribution in [0, 0.1) is 5.82 Å². The molecule has 2 aromatic carbocycles. The lowest BCUT2D eigenvalue weighted by atomic mass is 10.1. The number of Topliss-reactive ketones (excluding diaryl/α,β-unsaturated/α-hetero) is 1. The Kier molecular flexibility index (Phi) is 7.37. The minimum absolute atomic E-state index is 0.120. The van der Waals surface area contributed by atoms with Crippen LogP contribution in [0.25, 0.3) is 0 Å². The largest absolute Gasteiger partial charge is 0.489 e. The molecule has 0 heterocycles. The quantitative estimate of drug-likeness (QED) is 0.647. The summed E-state index contributed by atoms with van der Waals surface area (Å²) in [6.07, 6.45) is -0.536. The average molecular weight is 400 g/mol. The van der Waals surface area contributed by atoms with Crippen molar-refractivity contribution in [3.8, 4) is 5.75 Å². The number of carbonyl (C=O) groups is 2. The Morgan fingerprint density at radius 1 is 1.07 bits per heavy atom. The predicted octanol–water partition coefficient (Wildman–Crippen LogP) is 5.12. The van der Waals surface area contributed by atoms with E-state index in [-0.39, 0.29) is 24.8 Å². The molecule has 1 unspecified atom stereocenters. The van der Waals surface area contributed by atoms with Gasteiger partial charge in [-0.25, -0.2) is 9.18 Å². The lowest BCUT2D eigenvalue weighted by Gasteiger charge is -2.30. The molecular formula is C23H28FNO4. The van der Waals surface area contributed by atoms with Gasteiger partial charge in [0.1, 0.15) is 23.8 Å². The van der Waals surface area contributed by atoms with Gasteiger partial charge in [-0.05, 0) is 70.0 Å². The molecule has 2 rings (SSSR count). The lowest BCUT2D eigenvalue weighted by Crippen LogP contribution is -2.44. The maximum Gasteiger partial charge on any atom is 0.411 e. The van der Waals surface area contributed by atoms with Crippen molar-refractivity contribution in [2.45, 2.75) is 59.4 Å². The molecule has 1 atom stereocenters. The van der Waals surface area contributed by atoms with Crippen molar-refractivity contribution in [3.63, 3.8) is 0 Å². The molecule has 0 radical (unpaired) electrons. The van der Waals surface area contributed by atoms with Crippen molar-refractivity contribution in [1.82, 2.24) is 4.90 Å². The van der Waals surface area contributed by atoms with E-state index in [0.717, 1.165) is 11.1 Å². The van der Waals surface area contributed by atoms with Crippen LogP contribution in [0.4, 0.5) is 9.18 Å². The molecular weight excluding hydrogens is 372 g/mol. The highest BCUT2D eigenvalue weighted by Crippen LogP contribution is 2.19. The van der Waals surface area contributed by atoms with E-state index in [2.05, 4.69) is 0 Å². The summed E-state index contributed by atoms with van der Waals surface area (Å²) in [4.78, 5) is 25.8. The first kappa shape index (κ1) is 22.4. The monoisotopic (exact) mass is 400 g/mol. The van der Waals surface area contributed by atoms with Crippen molar-refractivity contribution in [2.24, 2.45) is 0 Å². The topological polar surface area (TPSA) is 55.8 Å². The van der Waals surface area contributed by atoms with E-state index in [0.29, 0.717) is 5.75 Å². The van der Waals surface area contributed by atoms with Gasteiger partial charge in [0.2, 0.25) is 0 Å². The molecule has 1 amide bonds. The first-order valence-electron chi connectivity index (χ1n) is 9.51. The maximum atomic E-state index is 13.2. The SMILES string of the molecule is CC(=O)C(C)N(Cc1ccc(OCc2cccc([18F])c2)cc1)C(=O)OC(C)(C)C. The van der Waals surface area contributed by atoms with Gasteiger partial charge in [0.05, 0.1) is 6.04 Å². The number of hydrogen-bond acceptors (Lipinski definition) is 4. The van der Waals surface area contributed by atoms with Crippen molar-refractivity contribution in [3.05, 3.63) is 65.5 Å². The van der Waals surface area contributed by atoms with Crippen LogP contribution >= 0.6 is 0 Å². The van der Waals surface area contributed by atoms with E-state index in [1.165, 1.54) is 24.0 Å². The van der Waals surface area contributed by atoms with Crippen LogP contribution in [0.5, 0.6) is 5.75 Å². The van der Waals surface area contributed by atoms with E-state index < -0.39 is 17.7 Å². The zero-order valence-corrected chi connectivity index (χ0v) is 17.6. The number of benzene rings is 2. The van der Waals surface area contributed by atoms with Gasteiger partial charge in [-0.3, -0.25) is 9.69 Å². The second kappa shape index (κ2) is 9.54. The third-order valence-corrected chi connectivity index (χ3v) is 4.25. The molecule has 0 aliphatic carbocycles. The molecule has 2 aromatic rings. The predicted molar refractivity (Wildman–Crippen MR) is 109 cm³/mol. The molecule has 0 aromatic heterocycles. The number of ketones is 1. The Morgan fingerprint density at radius 3 is 2.28 bits per heavy atom. The molecule has 0 aliphatic rings. The number of hydrogen-bond donors (Lipinski definition) is 0. The summed E-state index contributed by atoms with van der Waals surface area (Å²) < 4.78 is 24.4. The molecule has 0 N–H and O–H groups in total. The van der Waals surface area contributed by atoms with Crippen molar-refractivity contribution in [1.29, 1.82) is 0 Å². The Bertz CT molecular complexity index is 843. The lowest BCUT2D eigenvalue weighted by molar-refractivity contribution is -0.121. The van der Waals surface area contributed by atoms with Gasteiger partial charge in [-0.2, -0.15) is 0 Å². The normalized spacial score (nSPS) is 12.2. The Hall–Kier alpha value is -2.89. The third kappa shape index (κ3) is 7.22. The highest BCUT2D eigenvalue weighted by Gasteiger charge is 2.28. The first-order chi connectivity index (χ1) is 13.5. The molecule has 5 nitrogen and oxygen atoms in total. The summed E-state index contributed by atoms with van der Waals surface area (Å²) in [5, 5.41) is 0. The molecule has 6 heteroatoms. The Morgan fingerprint density at radius 2 is 1.72 bits per heavy atom. The van der Waals surface area contributed by atoms with Gasteiger partial charge < -0.3 is 9.47 Å². The second-order valence-corrected chi connectivity index (χ2v) is 7.96. The fourth-order valence-electron chi connectivity index (χ4n) is 2.58.